The van der Waals surface area contributed by atoms with Crippen LogP contribution in [-0.4, -0.2) is 11.9 Å². The fourth-order valence-corrected chi connectivity index (χ4v) is 2.01. The first-order valence-electron chi connectivity index (χ1n) is 5.03. The van der Waals surface area contributed by atoms with Gasteiger partial charge in [0.2, 0.25) is 0 Å². The van der Waals surface area contributed by atoms with Gasteiger partial charge in [0.1, 0.15) is 0 Å². The average molecular weight is 290 g/mol. The minimum Gasteiger partial charge on any atom is -0.349 e. The number of hydrogen-bond acceptors (Lipinski definition) is 1. The van der Waals surface area contributed by atoms with E-state index < -0.39 is 11.6 Å². The lowest BCUT2D eigenvalue weighted by atomic mass is 9.93. The topological polar surface area (TPSA) is 29.1 Å². The molecule has 2 rings (SSSR count). The van der Waals surface area contributed by atoms with E-state index in [4.69, 9.17) is 0 Å². The lowest BCUT2D eigenvalue weighted by molar-refractivity contribution is 0.0915. The van der Waals surface area contributed by atoms with Gasteiger partial charge < -0.3 is 5.32 Å². The summed E-state index contributed by atoms with van der Waals surface area (Å²) < 4.78 is 26.1. The van der Waals surface area contributed by atoms with Crippen molar-refractivity contribution < 1.29 is 13.6 Å². The van der Waals surface area contributed by atoms with E-state index in [0.717, 1.165) is 31.4 Å². The summed E-state index contributed by atoms with van der Waals surface area (Å²) in [5.41, 5.74) is 0.130. The third-order valence-corrected chi connectivity index (χ3v) is 3.35. The Morgan fingerprint density at radius 3 is 2.50 bits per heavy atom. The molecule has 86 valence electrons. The number of halogens is 3. The third-order valence-electron chi connectivity index (χ3n) is 2.69. The van der Waals surface area contributed by atoms with Crippen LogP contribution in [0.25, 0.3) is 0 Å². The Labute approximate surface area is 100 Å². The van der Waals surface area contributed by atoms with E-state index in [-0.39, 0.29) is 22.0 Å². The minimum atomic E-state index is -1.01. The van der Waals surface area contributed by atoms with Crippen LogP contribution in [0.4, 0.5) is 8.78 Å². The largest absolute Gasteiger partial charge is 0.349 e. The highest BCUT2D eigenvalue weighted by atomic mass is 79.9. The van der Waals surface area contributed by atoms with Gasteiger partial charge in [-0.25, -0.2) is 8.78 Å². The molecule has 0 spiro atoms. The van der Waals surface area contributed by atoms with Crippen molar-refractivity contribution in [1.82, 2.24) is 5.32 Å². The van der Waals surface area contributed by atoms with E-state index >= 15 is 0 Å². The van der Waals surface area contributed by atoms with Crippen molar-refractivity contribution in [1.29, 1.82) is 0 Å². The van der Waals surface area contributed by atoms with Crippen molar-refractivity contribution in [3.63, 3.8) is 0 Å². The van der Waals surface area contributed by atoms with Gasteiger partial charge in [0.05, 0.1) is 5.56 Å². The van der Waals surface area contributed by atoms with E-state index in [1.165, 1.54) is 0 Å². The highest BCUT2D eigenvalue weighted by Crippen LogP contribution is 2.23. The van der Waals surface area contributed by atoms with E-state index in [2.05, 4.69) is 21.2 Å². The average Bonchev–Trinajstić information content (AvgIpc) is 2.17. The van der Waals surface area contributed by atoms with Gasteiger partial charge in [-0.15, -0.1) is 0 Å². The Bertz CT molecular complexity index is 432. The summed E-state index contributed by atoms with van der Waals surface area (Å²) in [6.45, 7) is 0. The van der Waals surface area contributed by atoms with Crippen LogP contribution in [0.15, 0.2) is 16.6 Å². The van der Waals surface area contributed by atoms with Gasteiger partial charge >= 0.3 is 0 Å². The molecule has 0 atom stereocenters. The van der Waals surface area contributed by atoms with Crippen LogP contribution < -0.4 is 5.32 Å². The van der Waals surface area contributed by atoms with Crippen molar-refractivity contribution in [2.24, 2.45) is 0 Å². The van der Waals surface area contributed by atoms with Crippen LogP contribution in [0.1, 0.15) is 29.6 Å². The van der Waals surface area contributed by atoms with Gasteiger partial charge in [-0.05, 0) is 47.3 Å². The highest BCUT2D eigenvalue weighted by molar-refractivity contribution is 9.10. The predicted octanol–water partition coefficient (Wildman–Crippen LogP) is 3.01. The quantitative estimate of drug-likeness (QED) is 0.833. The zero-order valence-corrected chi connectivity index (χ0v) is 9.98. The molecule has 0 unspecified atom stereocenters. The summed E-state index contributed by atoms with van der Waals surface area (Å²) >= 11 is 3.04. The molecule has 5 heteroatoms. The zero-order valence-electron chi connectivity index (χ0n) is 8.40. The van der Waals surface area contributed by atoms with Gasteiger partial charge in [-0.3, -0.25) is 4.79 Å². The second-order valence-electron chi connectivity index (χ2n) is 3.85. The Morgan fingerprint density at radius 2 is 1.94 bits per heavy atom. The second-order valence-corrected chi connectivity index (χ2v) is 4.70. The maximum Gasteiger partial charge on any atom is 0.252 e. The smallest absolute Gasteiger partial charge is 0.252 e. The molecule has 1 aliphatic rings. The number of nitrogens with one attached hydrogen (secondary N) is 1. The minimum absolute atomic E-state index is 0.130. The Kier molecular flexibility index (Phi) is 3.23. The van der Waals surface area contributed by atoms with Crippen molar-refractivity contribution >= 4 is 21.8 Å². The molecular formula is C11H10BrF2NO. The van der Waals surface area contributed by atoms with E-state index in [0.29, 0.717) is 0 Å². The van der Waals surface area contributed by atoms with Crippen LogP contribution in [0.5, 0.6) is 0 Å². The first-order chi connectivity index (χ1) is 7.58. The van der Waals surface area contributed by atoms with Crippen LogP contribution in [0.2, 0.25) is 0 Å². The predicted molar refractivity (Wildman–Crippen MR) is 59.2 cm³/mol. The van der Waals surface area contributed by atoms with Crippen LogP contribution in [0, 0.1) is 11.6 Å². The lowest BCUT2D eigenvalue weighted by Gasteiger charge is -2.26. The van der Waals surface area contributed by atoms with Gasteiger partial charge in [0.25, 0.3) is 5.91 Å². The summed E-state index contributed by atoms with van der Waals surface area (Å²) in [6.07, 6.45) is 3.00. The molecule has 1 fully saturated rings. The Balaban J connectivity index is 2.18. The molecule has 2 nitrogen and oxygen atoms in total. The molecule has 0 aromatic heterocycles. The molecule has 1 saturated carbocycles. The number of rotatable bonds is 2. The highest BCUT2D eigenvalue weighted by Gasteiger charge is 2.22. The molecule has 1 N–H and O–H groups in total. The third kappa shape index (κ3) is 2.24. The van der Waals surface area contributed by atoms with Gasteiger partial charge in [-0.2, -0.15) is 0 Å². The molecular weight excluding hydrogens is 280 g/mol. The molecule has 0 saturated heterocycles. The molecule has 16 heavy (non-hydrogen) atoms. The maximum absolute atomic E-state index is 13.0. The van der Waals surface area contributed by atoms with Crippen molar-refractivity contribution in [2.75, 3.05) is 0 Å². The number of amides is 1. The summed E-state index contributed by atoms with van der Waals surface area (Å²) in [5, 5.41) is 2.76. The molecule has 1 aromatic carbocycles. The summed E-state index contributed by atoms with van der Waals surface area (Å²) in [7, 11) is 0. The number of carbonyl (C=O) groups is 1. The molecule has 0 radical (unpaired) electrons. The van der Waals surface area contributed by atoms with E-state index in [1.54, 1.807) is 0 Å². The van der Waals surface area contributed by atoms with Crippen molar-refractivity contribution in [3.8, 4) is 0 Å². The fraction of sp³-hybridized carbons (Fsp3) is 0.364. The molecule has 1 amide bonds. The maximum atomic E-state index is 13.0. The van der Waals surface area contributed by atoms with Gasteiger partial charge in [0.15, 0.2) is 11.6 Å². The fourth-order valence-electron chi connectivity index (χ4n) is 1.51. The molecule has 0 heterocycles. The van der Waals surface area contributed by atoms with Crippen LogP contribution in [-0.2, 0) is 0 Å². The molecule has 1 aromatic rings. The van der Waals surface area contributed by atoms with Crippen LogP contribution in [0.3, 0.4) is 0 Å². The lowest BCUT2D eigenvalue weighted by Crippen LogP contribution is -2.39. The summed E-state index contributed by atoms with van der Waals surface area (Å²) in [4.78, 5) is 11.7. The monoisotopic (exact) mass is 289 g/mol. The zero-order chi connectivity index (χ0) is 11.7. The Morgan fingerprint density at radius 1 is 1.31 bits per heavy atom. The van der Waals surface area contributed by atoms with Gasteiger partial charge in [-0.1, -0.05) is 0 Å². The van der Waals surface area contributed by atoms with Crippen molar-refractivity contribution in [3.05, 3.63) is 33.8 Å². The molecule has 1 aliphatic carbocycles. The molecule has 0 aliphatic heterocycles. The molecule has 0 bridgehead atoms. The Hall–Kier alpha value is -0.970. The second kappa shape index (κ2) is 4.49. The number of carbonyl (C=O) groups excluding carboxylic acids is 1. The van der Waals surface area contributed by atoms with E-state index in [9.17, 15) is 13.6 Å². The standard InChI is InChI=1S/C11H10BrF2NO/c12-8-5-10(14)9(13)4-7(8)11(16)15-6-2-1-3-6/h4-6H,1-3H2,(H,15,16). The summed E-state index contributed by atoms with van der Waals surface area (Å²) in [6, 6.07) is 2.05. The first kappa shape index (κ1) is 11.5. The normalized spacial score (nSPS) is 15.7. The number of hydrogen-bond donors (Lipinski definition) is 1. The first-order valence-corrected chi connectivity index (χ1v) is 5.82. The van der Waals surface area contributed by atoms with Crippen molar-refractivity contribution in [2.45, 2.75) is 25.3 Å². The van der Waals surface area contributed by atoms with Crippen LogP contribution >= 0.6 is 15.9 Å². The number of benzene rings is 1. The van der Waals surface area contributed by atoms with E-state index in [1.807, 2.05) is 0 Å². The summed E-state index contributed by atoms with van der Waals surface area (Å²) in [5.74, 6) is -2.34. The van der Waals surface area contributed by atoms with Gasteiger partial charge in [0, 0.05) is 10.5 Å². The SMILES string of the molecule is O=C(NC1CCC1)c1cc(F)c(F)cc1Br.